The number of benzene rings is 3. The highest BCUT2D eigenvalue weighted by atomic mass is 35.5. The molecule has 5 aromatic rings. The van der Waals surface area contributed by atoms with Crippen molar-refractivity contribution in [1.29, 1.82) is 0 Å². The number of halogens is 1. The predicted octanol–water partition coefficient (Wildman–Crippen LogP) is 5.15. The van der Waals surface area contributed by atoms with Crippen molar-refractivity contribution in [2.24, 2.45) is 5.10 Å². The minimum absolute atomic E-state index is 0.247. The van der Waals surface area contributed by atoms with Crippen LogP contribution in [0.15, 0.2) is 95.0 Å². The second-order valence-corrected chi connectivity index (χ2v) is 7.18. The molecule has 6 heteroatoms. The molecule has 30 heavy (non-hydrogen) atoms. The first-order chi connectivity index (χ1) is 14.7. The zero-order valence-corrected chi connectivity index (χ0v) is 16.5. The molecule has 0 aliphatic heterocycles. The van der Waals surface area contributed by atoms with E-state index < -0.39 is 0 Å². The fourth-order valence-corrected chi connectivity index (χ4v) is 3.48. The maximum Gasteiger partial charge on any atom is 0.282 e. The molecule has 144 valence electrons. The van der Waals surface area contributed by atoms with Gasteiger partial charge in [-0.15, -0.1) is 0 Å². The highest BCUT2D eigenvalue weighted by Crippen LogP contribution is 2.25. The summed E-state index contributed by atoms with van der Waals surface area (Å²) >= 11 is 6.06. The molecule has 3 aromatic carbocycles. The maximum atomic E-state index is 13.4. The van der Waals surface area contributed by atoms with Gasteiger partial charge in [0, 0.05) is 22.2 Å². The van der Waals surface area contributed by atoms with Gasteiger partial charge in [0.1, 0.15) is 0 Å². The lowest BCUT2D eigenvalue weighted by Gasteiger charge is -2.11. The molecule has 0 spiro atoms. The van der Waals surface area contributed by atoms with Crippen molar-refractivity contribution in [2.75, 3.05) is 0 Å². The fourth-order valence-electron chi connectivity index (χ4n) is 3.35. The second-order valence-electron chi connectivity index (χ2n) is 6.75. The van der Waals surface area contributed by atoms with Crippen LogP contribution in [0.5, 0.6) is 0 Å². The van der Waals surface area contributed by atoms with E-state index in [4.69, 9.17) is 16.6 Å². The summed E-state index contributed by atoms with van der Waals surface area (Å²) in [6.45, 7) is 0. The Morgan fingerprint density at radius 1 is 0.867 bits per heavy atom. The van der Waals surface area contributed by atoms with E-state index in [0.29, 0.717) is 21.7 Å². The van der Waals surface area contributed by atoms with Gasteiger partial charge in [-0.1, -0.05) is 41.9 Å². The van der Waals surface area contributed by atoms with Crippen LogP contribution in [-0.2, 0) is 0 Å². The van der Waals surface area contributed by atoms with Gasteiger partial charge in [0.05, 0.1) is 22.6 Å². The summed E-state index contributed by atoms with van der Waals surface area (Å²) in [6.07, 6.45) is 3.37. The standard InChI is InChI=1S/C24H15ClN4O/c25-18-10-8-17(9-11-18)23-28-22-19-7-4-14-26-21(19)13-12-20(22)24(30)29(23)27-15-16-5-2-1-3-6-16/h1-15H. The van der Waals surface area contributed by atoms with Crippen LogP contribution in [0.25, 0.3) is 33.2 Å². The Morgan fingerprint density at radius 3 is 2.47 bits per heavy atom. The van der Waals surface area contributed by atoms with Crippen LogP contribution in [0.2, 0.25) is 5.02 Å². The van der Waals surface area contributed by atoms with Crippen LogP contribution < -0.4 is 5.56 Å². The Kier molecular flexibility index (Phi) is 4.58. The number of rotatable bonds is 3. The molecule has 0 fully saturated rings. The molecule has 0 aliphatic rings. The number of hydrogen-bond donors (Lipinski definition) is 0. The van der Waals surface area contributed by atoms with Crippen molar-refractivity contribution in [3.8, 4) is 11.4 Å². The van der Waals surface area contributed by atoms with Crippen molar-refractivity contribution < 1.29 is 0 Å². The van der Waals surface area contributed by atoms with Gasteiger partial charge in [-0.05, 0) is 54.1 Å². The highest BCUT2D eigenvalue weighted by molar-refractivity contribution is 6.30. The van der Waals surface area contributed by atoms with E-state index in [1.807, 2.05) is 60.7 Å². The Hall–Kier alpha value is -3.83. The van der Waals surface area contributed by atoms with Gasteiger partial charge in [0.2, 0.25) is 0 Å². The van der Waals surface area contributed by atoms with Crippen molar-refractivity contribution >= 4 is 39.6 Å². The molecule has 0 aliphatic carbocycles. The van der Waals surface area contributed by atoms with Gasteiger partial charge < -0.3 is 0 Å². The SMILES string of the molecule is O=c1c2ccc3ncccc3c2nc(-c2ccc(Cl)cc2)n1N=Cc1ccccc1. The molecular formula is C24H15ClN4O. The maximum absolute atomic E-state index is 13.4. The van der Waals surface area contributed by atoms with E-state index in [1.165, 1.54) is 4.68 Å². The molecule has 0 bridgehead atoms. The summed E-state index contributed by atoms with van der Waals surface area (Å²) in [5, 5.41) is 6.39. The molecule has 0 radical (unpaired) electrons. The molecule has 2 heterocycles. The summed E-state index contributed by atoms with van der Waals surface area (Å²) in [5.41, 5.74) is 2.76. The number of aromatic nitrogens is 3. The molecule has 0 saturated heterocycles. The summed E-state index contributed by atoms with van der Waals surface area (Å²) in [5.74, 6) is 0.438. The molecular weight excluding hydrogens is 396 g/mol. The highest BCUT2D eigenvalue weighted by Gasteiger charge is 2.15. The minimum Gasteiger partial charge on any atom is -0.267 e. The average molecular weight is 411 g/mol. The van der Waals surface area contributed by atoms with Crippen LogP contribution in [0, 0.1) is 0 Å². The fraction of sp³-hybridized carbons (Fsp3) is 0. The largest absolute Gasteiger partial charge is 0.282 e. The Labute approximate surface area is 176 Å². The van der Waals surface area contributed by atoms with Gasteiger partial charge in [0.15, 0.2) is 5.82 Å². The monoisotopic (exact) mass is 410 g/mol. The first-order valence-electron chi connectivity index (χ1n) is 9.36. The zero-order chi connectivity index (χ0) is 20.5. The lowest BCUT2D eigenvalue weighted by Crippen LogP contribution is -2.20. The first-order valence-corrected chi connectivity index (χ1v) is 9.74. The number of pyridine rings is 1. The smallest absolute Gasteiger partial charge is 0.267 e. The van der Waals surface area contributed by atoms with Crippen molar-refractivity contribution in [3.63, 3.8) is 0 Å². The third-order valence-electron chi connectivity index (χ3n) is 4.82. The van der Waals surface area contributed by atoms with E-state index in [2.05, 4.69) is 10.1 Å². The third-order valence-corrected chi connectivity index (χ3v) is 5.07. The molecule has 0 saturated carbocycles. The van der Waals surface area contributed by atoms with E-state index in [1.54, 1.807) is 30.6 Å². The topological polar surface area (TPSA) is 60.1 Å². The minimum atomic E-state index is -0.247. The number of nitrogens with zero attached hydrogens (tertiary/aromatic N) is 4. The Balaban J connectivity index is 1.82. The summed E-state index contributed by atoms with van der Waals surface area (Å²) in [7, 11) is 0. The van der Waals surface area contributed by atoms with Crippen molar-refractivity contribution in [2.45, 2.75) is 0 Å². The van der Waals surface area contributed by atoms with Crippen LogP contribution in [0.1, 0.15) is 5.56 Å². The van der Waals surface area contributed by atoms with Crippen LogP contribution in [0.3, 0.4) is 0 Å². The molecule has 0 N–H and O–H groups in total. The molecule has 0 amide bonds. The van der Waals surface area contributed by atoms with Gasteiger partial charge >= 0.3 is 0 Å². The zero-order valence-electron chi connectivity index (χ0n) is 15.7. The lowest BCUT2D eigenvalue weighted by atomic mass is 10.1. The molecule has 0 atom stereocenters. The Bertz CT molecular complexity index is 1460. The predicted molar refractivity (Wildman–Crippen MR) is 121 cm³/mol. The van der Waals surface area contributed by atoms with Crippen LogP contribution >= 0.6 is 11.6 Å². The quantitative estimate of drug-likeness (QED) is 0.305. The summed E-state index contributed by atoms with van der Waals surface area (Å²) < 4.78 is 1.33. The average Bonchev–Trinajstić information content (AvgIpc) is 2.79. The van der Waals surface area contributed by atoms with Gasteiger partial charge in [0.25, 0.3) is 5.56 Å². The number of hydrogen-bond acceptors (Lipinski definition) is 4. The third kappa shape index (κ3) is 3.25. The number of fused-ring (bicyclic) bond motifs is 3. The second kappa shape index (κ2) is 7.54. The molecule has 5 rings (SSSR count). The summed E-state index contributed by atoms with van der Waals surface area (Å²) in [4.78, 5) is 22.6. The van der Waals surface area contributed by atoms with E-state index in [9.17, 15) is 4.79 Å². The molecule has 2 aromatic heterocycles. The lowest BCUT2D eigenvalue weighted by molar-refractivity contribution is 0.830. The molecule has 0 unspecified atom stereocenters. The first kappa shape index (κ1) is 18.2. The summed E-state index contributed by atoms with van der Waals surface area (Å²) in [6, 6.07) is 24.1. The van der Waals surface area contributed by atoms with E-state index in [0.717, 1.165) is 22.0 Å². The van der Waals surface area contributed by atoms with Gasteiger partial charge in [-0.25, -0.2) is 4.98 Å². The Morgan fingerprint density at radius 2 is 1.67 bits per heavy atom. The van der Waals surface area contributed by atoms with Gasteiger partial charge in [-0.3, -0.25) is 9.78 Å². The van der Waals surface area contributed by atoms with Crippen LogP contribution in [0.4, 0.5) is 0 Å². The van der Waals surface area contributed by atoms with Crippen LogP contribution in [-0.4, -0.2) is 20.9 Å². The van der Waals surface area contributed by atoms with E-state index in [-0.39, 0.29) is 5.56 Å². The van der Waals surface area contributed by atoms with Crippen molar-refractivity contribution in [3.05, 3.63) is 106 Å². The van der Waals surface area contributed by atoms with Gasteiger partial charge in [-0.2, -0.15) is 9.78 Å². The van der Waals surface area contributed by atoms with E-state index >= 15 is 0 Å². The normalized spacial score (nSPS) is 11.5. The van der Waals surface area contributed by atoms with Crippen molar-refractivity contribution in [1.82, 2.24) is 14.6 Å². The molecule has 5 nitrogen and oxygen atoms in total.